The molecule has 0 unspecified atom stereocenters. The first-order valence-corrected chi connectivity index (χ1v) is 8.50. The topological polar surface area (TPSA) is 9.23 Å². The second-order valence-electron chi connectivity index (χ2n) is 4.53. The third-order valence-electron chi connectivity index (χ3n) is 3.09. The maximum atomic E-state index is 15.5. The first kappa shape index (κ1) is 14.0. The molecule has 3 heteroatoms. The summed E-state index contributed by atoms with van der Waals surface area (Å²) < 4.78 is 21.2. The van der Waals surface area contributed by atoms with Gasteiger partial charge in [-0.15, -0.1) is 0 Å². The minimum atomic E-state index is -3.54. The van der Waals surface area contributed by atoms with Crippen molar-refractivity contribution in [1.29, 1.82) is 0 Å². The van der Waals surface area contributed by atoms with Crippen LogP contribution in [0.3, 0.4) is 0 Å². The van der Waals surface area contributed by atoms with Crippen LogP contribution in [0.5, 0.6) is 0 Å². The van der Waals surface area contributed by atoms with Crippen molar-refractivity contribution in [3.05, 3.63) is 60.7 Å². The Morgan fingerprint density at radius 1 is 0.895 bits per heavy atom. The minimum Gasteiger partial charge on any atom is -0.385 e. The predicted octanol–water partition coefficient (Wildman–Crippen LogP) is 3.03. The fourth-order valence-corrected chi connectivity index (χ4v) is 4.33. The van der Waals surface area contributed by atoms with Crippen LogP contribution in [0.4, 0.5) is 4.11 Å². The third kappa shape index (κ3) is 3.31. The zero-order valence-corrected chi connectivity index (χ0v) is 12.2. The molecule has 2 rings (SSSR count). The molecule has 1 nitrogen and oxygen atoms in total. The van der Waals surface area contributed by atoms with Crippen molar-refractivity contribution in [2.75, 3.05) is 6.61 Å². The maximum absolute atomic E-state index is 15.5. The van der Waals surface area contributed by atoms with E-state index in [1.54, 1.807) is 0 Å². The van der Waals surface area contributed by atoms with Crippen molar-refractivity contribution >= 4 is 19.0 Å². The largest absolute Gasteiger partial charge is 0.448 e. The van der Waals surface area contributed by atoms with Crippen LogP contribution in [0.25, 0.3) is 0 Å². The van der Waals surface area contributed by atoms with E-state index in [2.05, 4.69) is 6.92 Å². The second-order valence-corrected chi connectivity index (χ2v) is 7.16. The SMILES string of the molecule is CCCCO[Si](F)(c1ccccc1)c1ccccc1. The number of hydrogen-bond acceptors (Lipinski definition) is 1. The second kappa shape index (κ2) is 6.64. The quantitative estimate of drug-likeness (QED) is 0.447. The van der Waals surface area contributed by atoms with E-state index in [0.29, 0.717) is 17.0 Å². The third-order valence-corrected chi connectivity index (χ3v) is 5.84. The van der Waals surface area contributed by atoms with Crippen LogP contribution < -0.4 is 10.4 Å². The summed E-state index contributed by atoms with van der Waals surface area (Å²) in [6, 6.07) is 18.6. The van der Waals surface area contributed by atoms with Crippen molar-refractivity contribution in [1.82, 2.24) is 0 Å². The van der Waals surface area contributed by atoms with Gasteiger partial charge in [0.05, 0.1) is 0 Å². The van der Waals surface area contributed by atoms with Gasteiger partial charge in [0.25, 0.3) is 0 Å². The van der Waals surface area contributed by atoms with Crippen molar-refractivity contribution in [2.45, 2.75) is 19.8 Å². The van der Waals surface area contributed by atoms with Gasteiger partial charge in [-0.3, -0.25) is 4.11 Å². The molecular formula is C16H19FOSi. The highest BCUT2D eigenvalue weighted by Gasteiger charge is 2.41. The molecule has 0 fully saturated rings. The molecule has 0 aliphatic rings. The number of unbranched alkanes of at least 4 members (excludes halogenated alkanes) is 1. The Morgan fingerprint density at radius 2 is 1.37 bits per heavy atom. The summed E-state index contributed by atoms with van der Waals surface area (Å²) in [7, 11) is -3.54. The van der Waals surface area contributed by atoms with Crippen molar-refractivity contribution in [2.24, 2.45) is 0 Å². The Hall–Kier alpha value is -1.45. The van der Waals surface area contributed by atoms with E-state index in [-0.39, 0.29) is 0 Å². The highest BCUT2D eigenvalue weighted by atomic mass is 28.4. The number of hydrogen-bond donors (Lipinski definition) is 0. The van der Waals surface area contributed by atoms with Gasteiger partial charge in [-0.2, -0.15) is 0 Å². The molecule has 0 N–H and O–H groups in total. The van der Waals surface area contributed by atoms with Gasteiger partial charge in [-0.25, -0.2) is 0 Å². The number of halogens is 1. The van der Waals surface area contributed by atoms with Gasteiger partial charge < -0.3 is 4.43 Å². The molecule has 0 aliphatic carbocycles. The van der Waals surface area contributed by atoms with Gasteiger partial charge in [0, 0.05) is 17.0 Å². The van der Waals surface area contributed by atoms with Gasteiger partial charge in [-0.1, -0.05) is 74.0 Å². The van der Waals surface area contributed by atoms with Gasteiger partial charge in [0.2, 0.25) is 0 Å². The molecular weight excluding hydrogens is 255 g/mol. The minimum absolute atomic E-state index is 0.475. The highest BCUT2D eigenvalue weighted by molar-refractivity contribution is 6.92. The summed E-state index contributed by atoms with van der Waals surface area (Å²) in [6.07, 6.45) is 1.90. The summed E-state index contributed by atoms with van der Waals surface area (Å²) in [6.45, 7) is 2.55. The molecule has 2 aromatic carbocycles. The normalized spacial score (nSPS) is 11.5. The zero-order chi connectivity index (χ0) is 13.6. The summed E-state index contributed by atoms with van der Waals surface area (Å²) in [5.74, 6) is 0. The van der Waals surface area contributed by atoms with E-state index in [9.17, 15) is 0 Å². The molecule has 0 saturated heterocycles. The summed E-state index contributed by atoms with van der Waals surface area (Å²) in [5, 5.41) is 1.36. The molecule has 0 amide bonds. The fraction of sp³-hybridized carbons (Fsp3) is 0.250. The number of benzene rings is 2. The fourth-order valence-electron chi connectivity index (χ4n) is 2.00. The van der Waals surface area contributed by atoms with E-state index in [0.717, 1.165) is 12.8 Å². The van der Waals surface area contributed by atoms with Crippen molar-refractivity contribution < 1.29 is 8.53 Å². The van der Waals surface area contributed by atoms with E-state index in [1.807, 2.05) is 60.7 Å². The van der Waals surface area contributed by atoms with E-state index in [4.69, 9.17) is 4.43 Å². The van der Waals surface area contributed by atoms with Crippen LogP contribution >= 0.6 is 0 Å². The molecule has 0 aromatic heterocycles. The maximum Gasteiger partial charge on any atom is 0.448 e. The highest BCUT2D eigenvalue weighted by Crippen LogP contribution is 2.10. The predicted molar refractivity (Wildman–Crippen MR) is 79.9 cm³/mol. The van der Waals surface area contributed by atoms with E-state index < -0.39 is 8.65 Å². The van der Waals surface area contributed by atoms with Crippen LogP contribution in [-0.4, -0.2) is 15.3 Å². The molecule has 0 aliphatic heterocycles. The first-order valence-electron chi connectivity index (χ1n) is 6.71. The van der Waals surface area contributed by atoms with Crippen molar-refractivity contribution in [3.63, 3.8) is 0 Å². The molecule has 100 valence electrons. The molecule has 19 heavy (non-hydrogen) atoms. The monoisotopic (exact) mass is 274 g/mol. The average Bonchev–Trinajstić information content (AvgIpc) is 2.49. The lowest BCUT2D eigenvalue weighted by molar-refractivity contribution is 0.279. The van der Waals surface area contributed by atoms with Crippen LogP contribution in [0.2, 0.25) is 0 Å². The van der Waals surface area contributed by atoms with Crippen LogP contribution in [0.1, 0.15) is 19.8 Å². The van der Waals surface area contributed by atoms with Gasteiger partial charge in [0.1, 0.15) is 0 Å². The average molecular weight is 274 g/mol. The Bertz CT molecular complexity index is 447. The molecule has 0 spiro atoms. The smallest absolute Gasteiger partial charge is 0.385 e. The standard InChI is InChI=1S/C16H19FOSi/c1-2-3-14-18-19(17,15-10-6-4-7-11-15)16-12-8-5-9-13-16/h4-13H,2-3,14H2,1H3. The van der Waals surface area contributed by atoms with Crippen LogP contribution in [0.15, 0.2) is 60.7 Å². The van der Waals surface area contributed by atoms with Gasteiger partial charge in [0.15, 0.2) is 0 Å². The summed E-state index contributed by atoms with van der Waals surface area (Å²) in [5.41, 5.74) is 0. The lowest BCUT2D eigenvalue weighted by atomic mass is 10.4. The van der Waals surface area contributed by atoms with E-state index >= 15 is 4.11 Å². The lowest BCUT2D eigenvalue weighted by Gasteiger charge is -2.23. The molecule has 0 atom stereocenters. The molecule has 0 bridgehead atoms. The molecule has 0 saturated carbocycles. The Labute approximate surface area is 115 Å². The summed E-state index contributed by atoms with van der Waals surface area (Å²) >= 11 is 0. The van der Waals surface area contributed by atoms with E-state index in [1.165, 1.54) is 0 Å². The zero-order valence-electron chi connectivity index (χ0n) is 11.2. The Balaban J connectivity index is 2.33. The molecule has 0 radical (unpaired) electrons. The molecule has 2 aromatic rings. The Kier molecular flexibility index (Phi) is 4.88. The van der Waals surface area contributed by atoms with Gasteiger partial charge in [-0.05, 0) is 6.42 Å². The van der Waals surface area contributed by atoms with Gasteiger partial charge >= 0.3 is 8.65 Å². The number of rotatable bonds is 6. The van der Waals surface area contributed by atoms with Crippen molar-refractivity contribution in [3.8, 4) is 0 Å². The van der Waals surface area contributed by atoms with Crippen LogP contribution in [0, 0.1) is 0 Å². The lowest BCUT2D eigenvalue weighted by Crippen LogP contribution is -2.57. The first-order chi connectivity index (χ1) is 9.27. The molecule has 0 heterocycles. The summed E-state index contributed by atoms with van der Waals surface area (Å²) in [4.78, 5) is 0. The van der Waals surface area contributed by atoms with Crippen LogP contribution in [-0.2, 0) is 4.43 Å². The Morgan fingerprint density at radius 3 is 1.79 bits per heavy atom.